The number of rotatable bonds is 10. The maximum absolute atomic E-state index is 11.5. The molecule has 6 heteroatoms. The number of hydrogen-bond acceptors (Lipinski definition) is 5. The Hall–Kier alpha value is -2.02. The lowest BCUT2D eigenvalue weighted by atomic mass is 9.75. The maximum atomic E-state index is 11.5. The standard InChI is InChI=1S/C37H61BO5/c1-17-23(3)41-38(42-24(4)18-2)43-33(25-19-27(34(5,6)7)31(39)28(20-25)35(8,9)10)26-21-29(36(11,12)13)32(40)30(22-26)37(14,15)16/h19-24,33,39-40H,17-18H2,1-16H3. The molecule has 5 nitrogen and oxygen atoms in total. The van der Waals surface area contributed by atoms with Crippen molar-refractivity contribution in [2.24, 2.45) is 0 Å². The van der Waals surface area contributed by atoms with Crippen LogP contribution in [0, 0.1) is 0 Å². The van der Waals surface area contributed by atoms with Crippen LogP contribution in [0.5, 0.6) is 11.5 Å². The number of phenolic OH excluding ortho intramolecular Hbond substituents is 2. The van der Waals surface area contributed by atoms with Crippen LogP contribution in [0.15, 0.2) is 24.3 Å². The van der Waals surface area contributed by atoms with Crippen molar-refractivity contribution >= 4 is 7.32 Å². The van der Waals surface area contributed by atoms with E-state index in [4.69, 9.17) is 14.0 Å². The summed E-state index contributed by atoms with van der Waals surface area (Å²) in [5.41, 5.74) is 3.99. The number of aromatic hydroxyl groups is 2. The second kappa shape index (κ2) is 13.5. The lowest BCUT2D eigenvalue weighted by Crippen LogP contribution is -2.36. The summed E-state index contributed by atoms with van der Waals surface area (Å²) in [6.07, 6.45) is 0.901. The van der Waals surface area contributed by atoms with E-state index in [0.29, 0.717) is 11.5 Å². The molecule has 0 fully saturated rings. The molecule has 2 aromatic rings. The monoisotopic (exact) mass is 596 g/mol. The molecule has 0 aliphatic heterocycles. The number of benzene rings is 2. The summed E-state index contributed by atoms with van der Waals surface area (Å²) in [6.45, 7) is 33.6. The van der Waals surface area contributed by atoms with E-state index >= 15 is 0 Å². The topological polar surface area (TPSA) is 68.2 Å². The summed E-state index contributed by atoms with van der Waals surface area (Å²) in [6, 6.07) is 8.27. The quantitative estimate of drug-likeness (QED) is 0.267. The van der Waals surface area contributed by atoms with Crippen LogP contribution in [0.4, 0.5) is 0 Å². The second-order valence-corrected chi connectivity index (χ2v) is 16.4. The van der Waals surface area contributed by atoms with Gasteiger partial charge in [0.15, 0.2) is 0 Å². The third-order valence-corrected chi connectivity index (χ3v) is 8.19. The lowest BCUT2D eigenvalue weighted by Gasteiger charge is -2.33. The number of hydrogen-bond donors (Lipinski definition) is 2. The molecule has 0 radical (unpaired) electrons. The van der Waals surface area contributed by atoms with Crippen LogP contribution in [0.2, 0.25) is 0 Å². The summed E-state index contributed by atoms with van der Waals surface area (Å²) >= 11 is 0. The summed E-state index contributed by atoms with van der Waals surface area (Å²) in [4.78, 5) is 0. The Labute approximate surface area is 263 Å². The van der Waals surface area contributed by atoms with Crippen molar-refractivity contribution in [2.75, 3.05) is 0 Å². The normalized spacial score (nSPS) is 14.7. The fraction of sp³-hybridized carbons (Fsp3) is 0.676. The average Bonchev–Trinajstić information content (AvgIpc) is 2.84. The molecule has 0 spiro atoms. The molecule has 0 saturated carbocycles. The molecule has 2 N–H and O–H groups in total. The van der Waals surface area contributed by atoms with E-state index in [9.17, 15) is 10.2 Å². The van der Waals surface area contributed by atoms with Gasteiger partial charge in [-0.1, -0.05) is 96.9 Å². The average molecular weight is 597 g/mol. The van der Waals surface area contributed by atoms with E-state index in [0.717, 1.165) is 46.2 Å². The Bertz CT molecular complexity index is 1060. The second-order valence-electron chi connectivity index (χ2n) is 16.4. The van der Waals surface area contributed by atoms with Crippen molar-refractivity contribution < 1.29 is 24.2 Å². The smallest absolute Gasteiger partial charge is 0.507 e. The molecule has 242 valence electrons. The highest BCUT2D eigenvalue weighted by Crippen LogP contribution is 2.45. The molecule has 43 heavy (non-hydrogen) atoms. The van der Waals surface area contributed by atoms with Crippen LogP contribution in [-0.4, -0.2) is 29.7 Å². The molecular weight excluding hydrogens is 535 g/mol. The summed E-state index contributed by atoms with van der Waals surface area (Å²) < 4.78 is 19.6. The molecule has 0 amide bonds. The zero-order valence-electron chi connectivity index (χ0n) is 30.2. The summed E-state index contributed by atoms with van der Waals surface area (Å²) in [5, 5.41) is 23.1. The van der Waals surface area contributed by atoms with E-state index in [2.05, 4.69) is 121 Å². The Kier molecular flexibility index (Phi) is 11.7. The molecule has 0 heterocycles. The molecule has 2 aromatic carbocycles. The molecule has 0 saturated heterocycles. The van der Waals surface area contributed by atoms with E-state index < -0.39 is 13.4 Å². The van der Waals surface area contributed by atoms with Gasteiger partial charge in [-0.15, -0.1) is 0 Å². The summed E-state index contributed by atoms with van der Waals surface area (Å²) in [7, 11) is -0.912. The van der Waals surface area contributed by atoms with Crippen molar-refractivity contribution in [2.45, 2.75) is 164 Å². The van der Waals surface area contributed by atoms with Crippen LogP contribution in [0.1, 0.15) is 163 Å². The van der Waals surface area contributed by atoms with Gasteiger partial charge in [-0.2, -0.15) is 0 Å². The minimum absolute atomic E-state index is 0.0695. The SMILES string of the molecule is CCC(C)OB(OC(C)CC)OC(c1cc(C(C)(C)C)c(O)c(C(C)(C)C)c1)c1cc(C(C)(C)C)c(O)c(C(C)(C)C)c1. The molecule has 0 aliphatic carbocycles. The number of phenols is 2. The first-order valence-electron chi connectivity index (χ1n) is 16.1. The zero-order chi connectivity index (χ0) is 33.3. The highest BCUT2D eigenvalue weighted by atomic mass is 16.7. The Morgan fingerprint density at radius 2 is 0.791 bits per heavy atom. The highest BCUT2D eigenvalue weighted by molar-refractivity contribution is 6.36. The van der Waals surface area contributed by atoms with E-state index in [1.807, 2.05) is 13.8 Å². The third kappa shape index (κ3) is 9.49. The Morgan fingerprint density at radius 3 is 1.00 bits per heavy atom. The predicted octanol–water partition coefficient (Wildman–Crippen LogP) is 10.0. The van der Waals surface area contributed by atoms with Crippen molar-refractivity contribution in [3.63, 3.8) is 0 Å². The minimum Gasteiger partial charge on any atom is -0.507 e. The van der Waals surface area contributed by atoms with Gasteiger partial charge in [0.05, 0.1) is 6.10 Å². The van der Waals surface area contributed by atoms with Crippen molar-refractivity contribution in [1.29, 1.82) is 0 Å². The molecule has 2 rings (SSSR count). The third-order valence-electron chi connectivity index (χ3n) is 8.19. The zero-order valence-corrected chi connectivity index (χ0v) is 30.2. The van der Waals surface area contributed by atoms with E-state index in [1.54, 1.807) is 0 Å². The van der Waals surface area contributed by atoms with Gasteiger partial charge < -0.3 is 24.2 Å². The Morgan fingerprint density at radius 1 is 0.535 bits per heavy atom. The largest absolute Gasteiger partial charge is 0.640 e. The minimum atomic E-state index is -0.912. The van der Waals surface area contributed by atoms with Crippen LogP contribution in [0.25, 0.3) is 0 Å². The van der Waals surface area contributed by atoms with Crippen LogP contribution >= 0.6 is 0 Å². The van der Waals surface area contributed by atoms with Crippen LogP contribution in [-0.2, 0) is 35.6 Å². The molecule has 2 atom stereocenters. The first-order valence-corrected chi connectivity index (χ1v) is 16.1. The van der Waals surface area contributed by atoms with E-state index in [1.165, 1.54) is 0 Å². The van der Waals surface area contributed by atoms with Crippen molar-refractivity contribution in [3.8, 4) is 11.5 Å². The fourth-order valence-electron chi connectivity index (χ4n) is 5.03. The molecule has 0 aromatic heterocycles. The van der Waals surface area contributed by atoms with Gasteiger partial charge in [-0.05, 0) is 106 Å². The lowest BCUT2D eigenvalue weighted by molar-refractivity contribution is 0.0228. The van der Waals surface area contributed by atoms with Crippen molar-refractivity contribution in [3.05, 3.63) is 57.6 Å². The molecule has 2 unspecified atom stereocenters. The Balaban J connectivity index is 3.04. The maximum Gasteiger partial charge on any atom is 0.640 e. The van der Waals surface area contributed by atoms with Gasteiger partial charge in [-0.3, -0.25) is 0 Å². The van der Waals surface area contributed by atoms with Gasteiger partial charge in [-0.25, -0.2) is 0 Å². The van der Waals surface area contributed by atoms with Gasteiger partial charge in [0, 0.05) is 12.2 Å². The van der Waals surface area contributed by atoms with Crippen molar-refractivity contribution in [1.82, 2.24) is 0 Å². The molecule has 0 aliphatic rings. The first kappa shape index (κ1) is 37.2. The van der Waals surface area contributed by atoms with Gasteiger partial charge in [0.2, 0.25) is 0 Å². The fourth-order valence-corrected chi connectivity index (χ4v) is 5.03. The van der Waals surface area contributed by atoms with Crippen LogP contribution < -0.4 is 0 Å². The molecular formula is C37H61BO5. The molecule has 0 bridgehead atoms. The van der Waals surface area contributed by atoms with Gasteiger partial charge >= 0.3 is 7.32 Å². The highest BCUT2D eigenvalue weighted by Gasteiger charge is 2.36. The van der Waals surface area contributed by atoms with E-state index in [-0.39, 0.29) is 33.9 Å². The summed E-state index contributed by atoms with van der Waals surface area (Å²) in [5.74, 6) is 0.643. The first-order chi connectivity index (χ1) is 19.4. The van der Waals surface area contributed by atoms with Gasteiger partial charge in [0.1, 0.15) is 11.5 Å². The van der Waals surface area contributed by atoms with Gasteiger partial charge in [0.25, 0.3) is 0 Å². The predicted molar refractivity (Wildman–Crippen MR) is 181 cm³/mol. The van der Waals surface area contributed by atoms with Crippen LogP contribution in [0.3, 0.4) is 0 Å².